The summed E-state index contributed by atoms with van der Waals surface area (Å²) in [4.78, 5) is 23.2. The van der Waals surface area contributed by atoms with Crippen LogP contribution in [-0.2, 0) is 19.6 Å². The number of halogens is 1. The monoisotopic (exact) mass is 347 g/mol. The number of thiophene rings is 1. The van der Waals surface area contributed by atoms with Crippen LogP contribution < -0.4 is 0 Å². The van der Waals surface area contributed by atoms with Crippen molar-refractivity contribution in [3.8, 4) is 0 Å². The summed E-state index contributed by atoms with van der Waals surface area (Å²) in [5, 5.41) is 0. The molecule has 0 saturated carbocycles. The Kier molecular flexibility index (Phi) is 3.94. The fourth-order valence-electron chi connectivity index (χ4n) is 3.28. The molecule has 1 aromatic heterocycles. The van der Waals surface area contributed by atoms with Gasteiger partial charge in [0.05, 0.1) is 10.3 Å². The summed E-state index contributed by atoms with van der Waals surface area (Å²) in [6.07, 6.45) is 2.76. The van der Waals surface area contributed by atoms with Crippen LogP contribution in [0.2, 0.25) is 4.34 Å². The molecular weight excluding hydrogens is 334 g/mol. The highest BCUT2D eigenvalue weighted by atomic mass is 35.5. The van der Waals surface area contributed by atoms with Crippen LogP contribution in [0.25, 0.3) is 0 Å². The second-order valence-corrected chi connectivity index (χ2v) is 9.16. The number of ketones is 1. The van der Waals surface area contributed by atoms with Crippen molar-refractivity contribution >= 4 is 45.0 Å². The maximum absolute atomic E-state index is 12.8. The van der Waals surface area contributed by atoms with Crippen molar-refractivity contribution in [2.45, 2.75) is 42.0 Å². The number of Topliss-reactive ketones (excluding diaryl/α,β-unsaturated/α-hetero) is 1. The Hall–Kier alpha value is -0.760. The zero-order valence-corrected chi connectivity index (χ0v) is 13.5. The number of rotatable bonds is 3. The Morgan fingerprint density at radius 3 is 2.71 bits per heavy atom. The molecule has 3 heterocycles. The molecule has 3 atom stereocenters. The summed E-state index contributed by atoms with van der Waals surface area (Å²) in [5.74, 6) is -0.984. The zero-order chi connectivity index (χ0) is 15.2. The number of aldehydes is 1. The molecular formula is C13H14ClNO4S2. The Labute approximate surface area is 131 Å². The lowest BCUT2D eigenvalue weighted by molar-refractivity contribution is -0.135. The molecule has 114 valence electrons. The Morgan fingerprint density at radius 2 is 2.10 bits per heavy atom. The van der Waals surface area contributed by atoms with Crippen LogP contribution in [0.1, 0.15) is 25.7 Å². The first-order valence-electron chi connectivity index (χ1n) is 6.72. The first kappa shape index (κ1) is 15.1. The quantitative estimate of drug-likeness (QED) is 0.620. The number of carbonyl (C=O) groups is 2. The minimum atomic E-state index is -3.71. The van der Waals surface area contributed by atoms with Crippen molar-refractivity contribution in [1.29, 1.82) is 0 Å². The van der Waals surface area contributed by atoms with Crippen LogP contribution in [-0.4, -0.2) is 36.9 Å². The number of fused-ring (bicyclic) bond motifs is 2. The molecule has 2 fully saturated rings. The number of piperidine rings is 2. The van der Waals surface area contributed by atoms with E-state index in [1.165, 1.54) is 10.4 Å². The van der Waals surface area contributed by atoms with E-state index >= 15 is 0 Å². The Bertz CT molecular complexity index is 684. The van der Waals surface area contributed by atoms with Crippen LogP contribution in [0.4, 0.5) is 0 Å². The summed E-state index contributed by atoms with van der Waals surface area (Å²) in [5.41, 5.74) is 0. The molecule has 0 spiro atoms. The first-order valence-corrected chi connectivity index (χ1v) is 9.35. The van der Waals surface area contributed by atoms with E-state index in [9.17, 15) is 18.0 Å². The first-order chi connectivity index (χ1) is 9.95. The molecule has 0 aliphatic carbocycles. The van der Waals surface area contributed by atoms with Crippen molar-refractivity contribution in [3.63, 3.8) is 0 Å². The third-order valence-electron chi connectivity index (χ3n) is 4.17. The van der Waals surface area contributed by atoms with Gasteiger partial charge >= 0.3 is 0 Å². The molecule has 2 bridgehead atoms. The van der Waals surface area contributed by atoms with Gasteiger partial charge in [0.25, 0.3) is 10.0 Å². The summed E-state index contributed by atoms with van der Waals surface area (Å²) in [6.45, 7) is 0. The van der Waals surface area contributed by atoms with E-state index in [1.54, 1.807) is 6.07 Å². The van der Waals surface area contributed by atoms with Crippen LogP contribution in [0.5, 0.6) is 0 Å². The molecule has 2 saturated heterocycles. The SMILES string of the molecule is O=CC1C(=O)CC2CCCC1N2S(=O)(=O)c1ccc(Cl)s1. The van der Waals surface area contributed by atoms with Crippen molar-refractivity contribution in [2.24, 2.45) is 5.92 Å². The van der Waals surface area contributed by atoms with Gasteiger partial charge in [0.1, 0.15) is 16.3 Å². The Morgan fingerprint density at radius 1 is 1.33 bits per heavy atom. The lowest BCUT2D eigenvalue weighted by atomic mass is 9.79. The smallest absolute Gasteiger partial charge is 0.253 e. The highest BCUT2D eigenvalue weighted by Crippen LogP contribution is 2.40. The van der Waals surface area contributed by atoms with Gasteiger partial charge in [-0.15, -0.1) is 11.3 Å². The van der Waals surface area contributed by atoms with E-state index in [0.29, 0.717) is 23.5 Å². The molecule has 8 heteroatoms. The summed E-state index contributed by atoms with van der Waals surface area (Å²) < 4.78 is 27.6. The fourth-order valence-corrected chi connectivity index (χ4v) is 6.76. The van der Waals surface area contributed by atoms with Gasteiger partial charge in [0.2, 0.25) is 0 Å². The zero-order valence-electron chi connectivity index (χ0n) is 11.1. The van der Waals surface area contributed by atoms with Gasteiger partial charge in [-0.05, 0) is 25.0 Å². The van der Waals surface area contributed by atoms with Crippen LogP contribution in [0.3, 0.4) is 0 Å². The summed E-state index contributed by atoms with van der Waals surface area (Å²) in [7, 11) is -3.71. The van der Waals surface area contributed by atoms with Crippen LogP contribution >= 0.6 is 22.9 Å². The normalized spacial score (nSPS) is 30.3. The predicted octanol–water partition coefficient (Wildman–Crippen LogP) is 2.10. The molecule has 3 rings (SSSR count). The standard InChI is InChI=1S/C13H14ClNO4S2/c14-12-4-5-13(20-12)21(18,19)15-8-2-1-3-10(15)9(7-16)11(17)6-8/h4-5,7-10H,1-3,6H2. The molecule has 21 heavy (non-hydrogen) atoms. The third-order valence-corrected chi connectivity index (χ3v) is 7.85. The average molecular weight is 348 g/mol. The predicted molar refractivity (Wildman–Crippen MR) is 79.0 cm³/mol. The van der Waals surface area contributed by atoms with Gasteiger partial charge in [-0.25, -0.2) is 8.42 Å². The molecule has 1 aromatic rings. The summed E-state index contributed by atoms with van der Waals surface area (Å²) >= 11 is 6.83. The second-order valence-electron chi connectivity index (χ2n) is 5.38. The van der Waals surface area contributed by atoms with Crippen molar-refractivity contribution in [2.75, 3.05) is 0 Å². The highest BCUT2D eigenvalue weighted by molar-refractivity contribution is 7.91. The average Bonchev–Trinajstić information content (AvgIpc) is 2.86. The molecule has 3 unspecified atom stereocenters. The highest BCUT2D eigenvalue weighted by Gasteiger charge is 2.50. The minimum absolute atomic E-state index is 0.123. The number of carbonyl (C=O) groups excluding carboxylic acids is 2. The van der Waals surface area contributed by atoms with Crippen molar-refractivity contribution < 1.29 is 18.0 Å². The third kappa shape index (κ3) is 2.46. The van der Waals surface area contributed by atoms with Gasteiger partial charge in [0.15, 0.2) is 0 Å². The molecule has 0 radical (unpaired) electrons. The second kappa shape index (κ2) is 5.46. The molecule has 5 nitrogen and oxygen atoms in total. The van der Waals surface area contributed by atoms with Crippen molar-refractivity contribution in [3.05, 3.63) is 16.5 Å². The number of hydrogen-bond acceptors (Lipinski definition) is 5. The van der Waals surface area contributed by atoms with Gasteiger partial charge in [-0.1, -0.05) is 18.0 Å². The molecule has 2 aliphatic heterocycles. The van der Waals surface area contributed by atoms with Gasteiger partial charge in [-0.3, -0.25) is 4.79 Å². The molecule has 0 aromatic carbocycles. The van der Waals surface area contributed by atoms with E-state index in [2.05, 4.69) is 0 Å². The lowest BCUT2D eigenvalue weighted by Crippen LogP contribution is -2.59. The van der Waals surface area contributed by atoms with E-state index < -0.39 is 22.0 Å². The maximum Gasteiger partial charge on any atom is 0.253 e. The van der Waals surface area contributed by atoms with Gasteiger partial charge < -0.3 is 4.79 Å². The number of nitrogens with zero attached hydrogens (tertiary/aromatic N) is 1. The van der Waals surface area contributed by atoms with E-state index in [-0.39, 0.29) is 22.5 Å². The van der Waals surface area contributed by atoms with E-state index in [4.69, 9.17) is 11.6 Å². The molecule has 0 N–H and O–H groups in total. The topological polar surface area (TPSA) is 71.5 Å². The van der Waals surface area contributed by atoms with E-state index in [1.807, 2.05) is 0 Å². The fraction of sp³-hybridized carbons (Fsp3) is 0.538. The van der Waals surface area contributed by atoms with Crippen LogP contribution in [0.15, 0.2) is 16.3 Å². The van der Waals surface area contributed by atoms with Gasteiger partial charge in [-0.2, -0.15) is 4.31 Å². The molecule has 0 amide bonds. The van der Waals surface area contributed by atoms with E-state index in [0.717, 1.165) is 17.8 Å². The summed E-state index contributed by atoms with van der Waals surface area (Å²) in [6, 6.07) is 2.14. The Balaban J connectivity index is 2.04. The van der Waals surface area contributed by atoms with Gasteiger partial charge in [0, 0.05) is 18.5 Å². The van der Waals surface area contributed by atoms with Crippen molar-refractivity contribution in [1.82, 2.24) is 4.31 Å². The number of sulfonamides is 1. The maximum atomic E-state index is 12.8. The number of hydrogen-bond donors (Lipinski definition) is 0. The largest absolute Gasteiger partial charge is 0.303 e. The minimum Gasteiger partial charge on any atom is -0.303 e. The van der Waals surface area contributed by atoms with Crippen LogP contribution in [0, 0.1) is 5.92 Å². The molecule has 2 aliphatic rings. The lowest BCUT2D eigenvalue weighted by Gasteiger charge is -2.46.